The molecule has 1 N–H and O–H groups in total. The van der Waals surface area contributed by atoms with Crippen molar-refractivity contribution < 1.29 is 9.18 Å². The lowest BCUT2D eigenvalue weighted by atomic mass is 9.99. The van der Waals surface area contributed by atoms with Crippen LogP contribution >= 0.6 is 0 Å². The number of hydrogen-bond acceptors (Lipinski definition) is 1. The van der Waals surface area contributed by atoms with Crippen molar-refractivity contribution >= 4 is 5.91 Å². The Bertz CT molecular complexity index is 632. The van der Waals surface area contributed by atoms with Crippen LogP contribution in [0.15, 0.2) is 36.4 Å². The molecule has 1 aliphatic heterocycles. The zero-order valence-corrected chi connectivity index (χ0v) is 12.1. The molecule has 1 amide bonds. The zero-order valence-electron chi connectivity index (χ0n) is 12.1. The van der Waals surface area contributed by atoms with Gasteiger partial charge >= 0.3 is 0 Å². The van der Waals surface area contributed by atoms with Crippen LogP contribution in [-0.2, 0) is 6.42 Å². The molecule has 0 unspecified atom stereocenters. The number of H-pyrrole nitrogens is 1. The van der Waals surface area contributed by atoms with Gasteiger partial charge in [0.2, 0.25) is 0 Å². The van der Waals surface area contributed by atoms with Crippen molar-refractivity contribution in [3.05, 3.63) is 59.2 Å². The summed E-state index contributed by atoms with van der Waals surface area (Å²) in [6.45, 7) is 3.51. The third-order valence-electron chi connectivity index (χ3n) is 4.17. The number of nitrogens with zero attached hydrogens (tertiary/aromatic N) is 1. The highest BCUT2D eigenvalue weighted by atomic mass is 19.1. The number of carbonyl (C=O) groups is 1. The number of likely N-dealkylation sites (tertiary alicyclic amines) is 1. The molecular weight excluding hydrogens is 267 g/mol. The molecule has 21 heavy (non-hydrogen) atoms. The van der Waals surface area contributed by atoms with E-state index in [1.807, 2.05) is 29.2 Å². The molecular formula is C17H19FN2O. The standard InChI is InChI=1S/C17H19FN2O/c1-2-15-7-8-16(19-15)17(21)20-10-9-13(11-20)12-3-5-14(18)6-4-12/h3-8,13,19H,2,9-11H2,1H3/t13-/m1/s1. The maximum absolute atomic E-state index is 13.0. The second kappa shape index (κ2) is 5.72. The molecule has 0 spiro atoms. The van der Waals surface area contributed by atoms with Gasteiger partial charge in [-0.2, -0.15) is 0 Å². The highest BCUT2D eigenvalue weighted by Crippen LogP contribution is 2.28. The number of nitrogens with one attached hydrogen (secondary N) is 1. The van der Waals surface area contributed by atoms with Gasteiger partial charge in [-0.1, -0.05) is 19.1 Å². The summed E-state index contributed by atoms with van der Waals surface area (Å²) in [7, 11) is 0. The largest absolute Gasteiger partial charge is 0.354 e. The minimum Gasteiger partial charge on any atom is -0.354 e. The first-order valence-electron chi connectivity index (χ1n) is 7.40. The van der Waals surface area contributed by atoms with E-state index in [2.05, 4.69) is 11.9 Å². The molecule has 2 aromatic rings. The van der Waals surface area contributed by atoms with Crippen LogP contribution in [0.5, 0.6) is 0 Å². The monoisotopic (exact) mass is 286 g/mol. The molecule has 0 bridgehead atoms. The number of benzene rings is 1. The summed E-state index contributed by atoms with van der Waals surface area (Å²) in [4.78, 5) is 17.5. The maximum atomic E-state index is 13.0. The lowest BCUT2D eigenvalue weighted by Crippen LogP contribution is -2.28. The van der Waals surface area contributed by atoms with Crippen LogP contribution in [0.25, 0.3) is 0 Å². The van der Waals surface area contributed by atoms with Gasteiger partial charge in [-0.05, 0) is 42.7 Å². The Hall–Kier alpha value is -2.10. The number of aromatic nitrogens is 1. The van der Waals surface area contributed by atoms with Crippen molar-refractivity contribution in [1.82, 2.24) is 9.88 Å². The first kappa shape index (κ1) is 13.9. The van der Waals surface area contributed by atoms with Crippen molar-refractivity contribution in [2.75, 3.05) is 13.1 Å². The van der Waals surface area contributed by atoms with Crippen LogP contribution in [-0.4, -0.2) is 28.9 Å². The predicted octanol–water partition coefficient (Wildman–Crippen LogP) is 3.35. The molecule has 110 valence electrons. The van der Waals surface area contributed by atoms with Crippen molar-refractivity contribution in [1.29, 1.82) is 0 Å². The van der Waals surface area contributed by atoms with Crippen LogP contribution in [0.2, 0.25) is 0 Å². The van der Waals surface area contributed by atoms with Crippen LogP contribution in [0.3, 0.4) is 0 Å². The number of rotatable bonds is 3. The Kier molecular flexibility index (Phi) is 3.78. The second-order valence-corrected chi connectivity index (χ2v) is 5.54. The SMILES string of the molecule is CCc1ccc(C(=O)N2CC[C@@H](c3ccc(F)cc3)C2)[nH]1. The van der Waals surface area contributed by atoms with Gasteiger partial charge in [0.1, 0.15) is 11.5 Å². The average molecular weight is 286 g/mol. The van der Waals surface area contributed by atoms with Crippen LogP contribution < -0.4 is 0 Å². The van der Waals surface area contributed by atoms with Gasteiger partial charge in [-0.3, -0.25) is 4.79 Å². The third kappa shape index (κ3) is 2.84. The van der Waals surface area contributed by atoms with E-state index >= 15 is 0 Å². The molecule has 3 rings (SSSR count). The average Bonchev–Trinajstić information content (AvgIpc) is 3.16. The molecule has 2 heterocycles. The molecule has 3 nitrogen and oxygen atoms in total. The van der Waals surface area contributed by atoms with E-state index in [1.165, 1.54) is 12.1 Å². The number of hydrogen-bond donors (Lipinski definition) is 1. The summed E-state index contributed by atoms with van der Waals surface area (Å²) in [5, 5.41) is 0. The molecule has 1 aromatic carbocycles. The van der Waals surface area contributed by atoms with E-state index < -0.39 is 0 Å². The Morgan fingerprint density at radius 1 is 1.29 bits per heavy atom. The van der Waals surface area contributed by atoms with E-state index in [0.717, 1.165) is 30.6 Å². The van der Waals surface area contributed by atoms with E-state index in [1.54, 1.807) is 0 Å². The van der Waals surface area contributed by atoms with Gasteiger partial charge in [0, 0.05) is 24.7 Å². The highest BCUT2D eigenvalue weighted by molar-refractivity contribution is 5.92. The minimum atomic E-state index is -0.219. The summed E-state index contributed by atoms with van der Waals surface area (Å²) < 4.78 is 13.0. The minimum absolute atomic E-state index is 0.0549. The first-order chi connectivity index (χ1) is 10.2. The molecule has 1 saturated heterocycles. The van der Waals surface area contributed by atoms with Crippen LogP contribution in [0.4, 0.5) is 4.39 Å². The van der Waals surface area contributed by atoms with E-state index in [0.29, 0.717) is 18.2 Å². The topological polar surface area (TPSA) is 36.1 Å². The van der Waals surface area contributed by atoms with Crippen LogP contribution in [0, 0.1) is 5.82 Å². The summed E-state index contributed by atoms with van der Waals surface area (Å²) in [6.07, 6.45) is 1.82. The van der Waals surface area contributed by atoms with Crippen LogP contribution in [0.1, 0.15) is 41.0 Å². The molecule has 1 atom stereocenters. The van der Waals surface area contributed by atoms with Gasteiger partial charge in [0.25, 0.3) is 5.91 Å². The first-order valence-corrected chi connectivity index (χ1v) is 7.40. The van der Waals surface area contributed by atoms with Gasteiger partial charge in [-0.25, -0.2) is 4.39 Å². The summed E-state index contributed by atoms with van der Waals surface area (Å²) >= 11 is 0. The Balaban J connectivity index is 1.69. The number of halogens is 1. The molecule has 1 aromatic heterocycles. The maximum Gasteiger partial charge on any atom is 0.270 e. The summed E-state index contributed by atoms with van der Waals surface area (Å²) in [5.74, 6) is 0.137. The van der Waals surface area contributed by atoms with E-state index in [9.17, 15) is 9.18 Å². The van der Waals surface area contributed by atoms with Crippen molar-refractivity contribution in [3.63, 3.8) is 0 Å². The summed E-state index contributed by atoms with van der Waals surface area (Å²) in [6, 6.07) is 10.4. The van der Waals surface area contributed by atoms with Gasteiger partial charge in [-0.15, -0.1) is 0 Å². The van der Waals surface area contributed by atoms with E-state index in [4.69, 9.17) is 0 Å². The van der Waals surface area contributed by atoms with Gasteiger partial charge in [0.05, 0.1) is 0 Å². The lowest BCUT2D eigenvalue weighted by molar-refractivity contribution is 0.0785. The molecule has 1 fully saturated rings. The fourth-order valence-corrected chi connectivity index (χ4v) is 2.89. The number of aryl methyl sites for hydroxylation is 1. The molecule has 0 radical (unpaired) electrons. The molecule has 1 aliphatic rings. The lowest BCUT2D eigenvalue weighted by Gasteiger charge is -2.16. The quantitative estimate of drug-likeness (QED) is 0.923. The van der Waals surface area contributed by atoms with Crippen molar-refractivity contribution in [2.24, 2.45) is 0 Å². The zero-order chi connectivity index (χ0) is 14.8. The van der Waals surface area contributed by atoms with E-state index in [-0.39, 0.29) is 11.7 Å². The van der Waals surface area contributed by atoms with Gasteiger partial charge < -0.3 is 9.88 Å². The second-order valence-electron chi connectivity index (χ2n) is 5.54. The smallest absolute Gasteiger partial charge is 0.270 e. The molecule has 0 saturated carbocycles. The normalized spacial score (nSPS) is 18.2. The third-order valence-corrected chi connectivity index (χ3v) is 4.17. The van der Waals surface area contributed by atoms with Crippen molar-refractivity contribution in [2.45, 2.75) is 25.7 Å². The molecule has 4 heteroatoms. The molecule has 0 aliphatic carbocycles. The summed E-state index contributed by atoms with van der Waals surface area (Å²) in [5.41, 5.74) is 2.84. The van der Waals surface area contributed by atoms with Gasteiger partial charge in [0.15, 0.2) is 0 Å². The fraction of sp³-hybridized carbons (Fsp3) is 0.353. The predicted molar refractivity (Wildman–Crippen MR) is 79.8 cm³/mol. The number of carbonyl (C=O) groups excluding carboxylic acids is 1. The fourth-order valence-electron chi connectivity index (χ4n) is 2.89. The highest BCUT2D eigenvalue weighted by Gasteiger charge is 2.28. The Labute approximate surface area is 123 Å². The number of aromatic amines is 1. The Morgan fingerprint density at radius 2 is 2.05 bits per heavy atom. The number of amides is 1. The van der Waals surface area contributed by atoms with Crippen molar-refractivity contribution in [3.8, 4) is 0 Å². The Morgan fingerprint density at radius 3 is 2.71 bits per heavy atom.